The fourth-order valence-electron chi connectivity index (χ4n) is 0.811. The van der Waals surface area contributed by atoms with Gasteiger partial charge in [-0.3, -0.25) is 0 Å². The number of benzene rings is 1. The molecule has 0 radical (unpaired) electrons. The fourth-order valence-corrected chi connectivity index (χ4v) is 0.811. The van der Waals surface area contributed by atoms with Crippen molar-refractivity contribution >= 4 is 6.09 Å². The lowest BCUT2D eigenvalue weighted by atomic mass is 10.2. The Kier molecular flexibility index (Phi) is 1.63. The van der Waals surface area contributed by atoms with E-state index in [1.807, 2.05) is 13.0 Å². The highest BCUT2D eigenvalue weighted by Gasteiger charge is 1.99. The first-order valence-electron chi connectivity index (χ1n) is 4.93. The second kappa shape index (κ2) is 3.76. The molecule has 1 rings (SSSR count). The minimum atomic E-state index is -2.53. The van der Waals surface area contributed by atoms with Crippen LogP contribution in [0.4, 0.5) is 4.79 Å². The second-order valence-corrected chi connectivity index (χ2v) is 2.33. The van der Waals surface area contributed by atoms with E-state index < -0.39 is 13.1 Å². The molecule has 0 spiro atoms. The predicted molar refractivity (Wildman–Crippen MR) is 46.3 cm³/mol. The van der Waals surface area contributed by atoms with Crippen molar-refractivity contribution in [1.82, 2.24) is 5.32 Å². The number of aryl methyl sites for hydroxylation is 1. The minimum Gasteiger partial charge on any atom is -0.410 e. The molecule has 3 heteroatoms. The van der Waals surface area contributed by atoms with Gasteiger partial charge in [0.1, 0.15) is 5.75 Å². The summed E-state index contributed by atoms with van der Waals surface area (Å²) in [4.78, 5) is 11.0. The summed E-state index contributed by atoms with van der Waals surface area (Å²) in [6.45, 7) is -0.685. The highest BCUT2D eigenvalue weighted by Crippen LogP contribution is 2.11. The van der Waals surface area contributed by atoms with Crippen LogP contribution in [0, 0.1) is 6.92 Å². The lowest BCUT2D eigenvalue weighted by Gasteiger charge is -2.02. The van der Waals surface area contributed by atoms with Gasteiger partial charge in [0.25, 0.3) is 0 Å². The van der Waals surface area contributed by atoms with E-state index in [4.69, 9.17) is 8.85 Å². The Balaban J connectivity index is 2.59. The van der Waals surface area contributed by atoms with Crippen LogP contribution < -0.4 is 10.1 Å². The Labute approximate surface area is 75.6 Å². The lowest BCUT2D eigenvalue weighted by molar-refractivity contribution is 0.203. The third-order valence-electron chi connectivity index (χ3n) is 1.30. The zero-order valence-electron chi connectivity index (χ0n) is 9.63. The zero-order chi connectivity index (χ0) is 11.5. The molecule has 1 N–H and O–H groups in total. The average molecular weight is 168 g/mol. The van der Waals surface area contributed by atoms with E-state index in [9.17, 15) is 4.79 Å². The number of carbonyl (C=O) groups excluding carboxylic acids is 1. The van der Waals surface area contributed by atoms with Gasteiger partial charge < -0.3 is 10.1 Å². The third-order valence-corrected chi connectivity index (χ3v) is 1.30. The summed E-state index contributed by atoms with van der Waals surface area (Å²) in [6, 6.07) is 6.77. The van der Waals surface area contributed by atoms with E-state index >= 15 is 0 Å². The van der Waals surface area contributed by atoms with Gasteiger partial charge in [0, 0.05) is 11.1 Å². The summed E-state index contributed by atoms with van der Waals surface area (Å²) in [7, 11) is 0. The summed E-state index contributed by atoms with van der Waals surface area (Å²) in [5, 5.41) is 1.73. The molecule has 1 amide bonds. The number of hydrogen-bond donors (Lipinski definition) is 1. The number of carbonyl (C=O) groups is 1. The molecular weight excluding hydrogens is 154 g/mol. The van der Waals surface area contributed by atoms with Gasteiger partial charge in [-0.05, 0) is 24.6 Å². The normalized spacial score (nSPS) is 13.9. The Morgan fingerprint density at radius 2 is 2.50 bits per heavy atom. The summed E-state index contributed by atoms with van der Waals surface area (Å²) in [6.07, 6.45) is -0.986. The van der Waals surface area contributed by atoms with Gasteiger partial charge in [0.2, 0.25) is 0 Å². The molecule has 0 aliphatic rings. The molecule has 0 bridgehead atoms. The van der Waals surface area contributed by atoms with E-state index in [-0.39, 0.29) is 0 Å². The van der Waals surface area contributed by atoms with E-state index in [2.05, 4.69) is 0 Å². The minimum absolute atomic E-state index is 0.316. The highest BCUT2D eigenvalue weighted by atomic mass is 16.5. The van der Waals surface area contributed by atoms with Crippen molar-refractivity contribution in [2.45, 2.75) is 6.92 Å². The van der Waals surface area contributed by atoms with Crippen LogP contribution in [0.15, 0.2) is 24.3 Å². The van der Waals surface area contributed by atoms with Crippen LogP contribution in [0.5, 0.6) is 5.75 Å². The second-order valence-electron chi connectivity index (χ2n) is 2.33. The van der Waals surface area contributed by atoms with Crippen molar-refractivity contribution in [2.24, 2.45) is 0 Å². The van der Waals surface area contributed by atoms with Crippen LogP contribution >= 0.6 is 0 Å². The number of nitrogens with one attached hydrogen (secondary N) is 1. The number of rotatable bonds is 1. The molecule has 0 heterocycles. The average Bonchev–Trinajstić information content (AvgIpc) is 1.99. The van der Waals surface area contributed by atoms with Gasteiger partial charge >= 0.3 is 6.09 Å². The van der Waals surface area contributed by atoms with Crippen molar-refractivity contribution in [3.05, 3.63) is 29.8 Å². The van der Waals surface area contributed by atoms with Crippen molar-refractivity contribution in [3.63, 3.8) is 0 Å². The van der Waals surface area contributed by atoms with Crippen LogP contribution in [0.25, 0.3) is 0 Å². The first-order valence-corrected chi connectivity index (χ1v) is 3.43. The maximum Gasteiger partial charge on any atom is 0.412 e. The molecule has 0 aliphatic heterocycles. The molecule has 0 aromatic heterocycles. The molecule has 12 heavy (non-hydrogen) atoms. The maximum absolute atomic E-state index is 11.0. The van der Waals surface area contributed by atoms with Gasteiger partial charge in [-0.1, -0.05) is 12.1 Å². The van der Waals surface area contributed by atoms with Crippen LogP contribution in [0.3, 0.4) is 0 Å². The Bertz CT molecular complexity index is 363. The van der Waals surface area contributed by atoms with E-state index in [0.717, 1.165) is 5.56 Å². The standard InChI is InChI=1S/C9H11NO2/c1-7-4-3-5-8(6-7)12-9(11)10-2/h3-6H,1-2H3,(H,10,11)/i2D3. The van der Waals surface area contributed by atoms with Crippen molar-refractivity contribution in [2.75, 3.05) is 6.98 Å². The molecule has 0 aliphatic carbocycles. The summed E-state index contributed by atoms with van der Waals surface area (Å²) in [5.74, 6) is 0.316. The number of amides is 1. The topological polar surface area (TPSA) is 38.3 Å². The molecule has 1 aromatic rings. The Morgan fingerprint density at radius 3 is 3.17 bits per heavy atom. The summed E-state index contributed by atoms with van der Waals surface area (Å²) < 4.78 is 25.1. The molecule has 0 unspecified atom stereocenters. The van der Waals surface area contributed by atoms with Crippen LogP contribution in [0.2, 0.25) is 0 Å². The number of ether oxygens (including phenoxy) is 1. The fraction of sp³-hybridized carbons (Fsp3) is 0.222. The van der Waals surface area contributed by atoms with Crippen molar-refractivity contribution < 1.29 is 13.6 Å². The lowest BCUT2D eigenvalue weighted by Crippen LogP contribution is -2.21. The van der Waals surface area contributed by atoms with Crippen LogP contribution in [0.1, 0.15) is 9.68 Å². The molecular formula is C9H11NO2. The molecule has 0 atom stereocenters. The smallest absolute Gasteiger partial charge is 0.410 e. The van der Waals surface area contributed by atoms with Gasteiger partial charge in [-0.25, -0.2) is 4.79 Å². The maximum atomic E-state index is 11.0. The molecule has 0 saturated carbocycles. The van der Waals surface area contributed by atoms with Gasteiger partial charge in [-0.2, -0.15) is 0 Å². The summed E-state index contributed by atoms with van der Waals surface area (Å²) in [5.41, 5.74) is 0.925. The Morgan fingerprint density at radius 1 is 1.67 bits per heavy atom. The van der Waals surface area contributed by atoms with Gasteiger partial charge in [-0.15, -0.1) is 0 Å². The molecule has 0 fully saturated rings. The molecule has 64 valence electrons. The van der Waals surface area contributed by atoms with E-state index in [0.29, 0.717) is 5.75 Å². The van der Waals surface area contributed by atoms with Crippen molar-refractivity contribution in [3.8, 4) is 5.75 Å². The quantitative estimate of drug-likeness (QED) is 0.693. The molecule has 1 aromatic carbocycles. The van der Waals surface area contributed by atoms with Gasteiger partial charge in [0.05, 0.1) is 0 Å². The zero-order valence-corrected chi connectivity index (χ0v) is 6.63. The van der Waals surface area contributed by atoms with Crippen LogP contribution in [-0.4, -0.2) is 13.1 Å². The largest absolute Gasteiger partial charge is 0.412 e. The first kappa shape index (κ1) is 5.19. The first-order chi connectivity index (χ1) is 6.87. The summed E-state index contributed by atoms with van der Waals surface area (Å²) >= 11 is 0. The predicted octanol–water partition coefficient (Wildman–Crippen LogP) is 1.71. The number of hydrogen-bond acceptors (Lipinski definition) is 2. The molecule has 3 nitrogen and oxygen atoms in total. The Hall–Kier alpha value is -1.51. The van der Waals surface area contributed by atoms with E-state index in [1.54, 1.807) is 23.5 Å². The van der Waals surface area contributed by atoms with Gasteiger partial charge in [0.15, 0.2) is 0 Å². The van der Waals surface area contributed by atoms with E-state index in [1.165, 1.54) is 0 Å². The molecule has 0 saturated heterocycles. The third kappa shape index (κ3) is 2.27. The van der Waals surface area contributed by atoms with Crippen molar-refractivity contribution in [1.29, 1.82) is 0 Å². The monoisotopic (exact) mass is 168 g/mol. The highest BCUT2D eigenvalue weighted by molar-refractivity contribution is 5.69. The van der Waals surface area contributed by atoms with Crippen LogP contribution in [-0.2, 0) is 0 Å². The SMILES string of the molecule is [2H]C([2H])([2H])NC(=O)Oc1cccc(C)c1.